The van der Waals surface area contributed by atoms with Crippen molar-refractivity contribution in [1.29, 1.82) is 0 Å². The molecule has 1 heterocycles. The van der Waals surface area contributed by atoms with Crippen LogP contribution in [-0.4, -0.2) is 5.97 Å². The quantitative estimate of drug-likeness (QED) is 0.383. The Labute approximate surface area is 155 Å². The van der Waals surface area contributed by atoms with Crippen molar-refractivity contribution in [3.05, 3.63) is 100 Å². The predicted octanol–water partition coefficient (Wildman–Crippen LogP) is 4.99. The summed E-state index contributed by atoms with van der Waals surface area (Å²) in [6, 6.07) is 22.9. The van der Waals surface area contributed by atoms with Crippen molar-refractivity contribution in [2.75, 3.05) is 0 Å². The minimum Gasteiger partial charge on any atom is -0.456 e. The zero-order valence-electron chi connectivity index (χ0n) is 14.6. The van der Waals surface area contributed by atoms with Gasteiger partial charge >= 0.3 is 5.97 Å². The number of fused-ring (bicyclic) bond motifs is 1. The predicted molar refractivity (Wildman–Crippen MR) is 104 cm³/mol. The highest BCUT2D eigenvalue weighted by Gasteiger charge is 2.13. The fourth-order valence-electron chi connectivity index (χ4n) is 2.92. The van der Waals surface area contributed by atoms with E-state index in [0.717, 1.165) is 5.56 Å². The first kappa shape index (κ1) is 16.8. The third kappa shape index (κ3) is 3.25. The van der Waals surface area contributed by atoms with Crippen LogP contribution >= 0.6 is 0 Å². The molecule has 0 atom stereocenters. The van der Waals surface area contributed by atoms with Gasteiger partial charge in [0.15, 0.2) is 5.43 Å². The van der Waals surface area contributed by atoms with E-state index in [1.165, 1.54) is 0 Å². The Morgan fingerprint density at radius 1 is 0.852 bits per heavy atom. The second-order valence-electron chi connectivity index (χ2n) is 6.16. The smallest absolute Gasteiger partial charge is 0.343 e. The van der Waals surface area contributed by atoms with Crippen LogP contribution in [0.5, 0.6) is 5.75 Å². The molecule has 0 spiro atoms. The lowest BCUT2D eigenvalue weighted by Gasteiger charge is -2.08. The van der Waals surface area contributed by atoms with E-state index in [1.807, 2.05) is 18.2 Å². The first-order valence-electron chi connectivity index (χ1n) is 8.53. The summed E-state index contributed by atoms with van der Waals surface area (Å²) in [6.07, 6.45) is 0. The zero-order chi connectivity index (χ0) is 18.8. The van der Waals surface area contributed by atoms with Crippen LogP contribution in [0.1, 0.15) is 15.9 Å². The van der Waals surface area contributed by atoms with Gasteiger partial charge in [0.1, 0.15) is 17.1 Å². The number of rotatable bonds is 3. The Hall–Kier alpha value is -3.66. The maximum Gasteiger partial charge on any atom is 0.343 e. The number of esters is 1. The Bertz CT molecular complexity index is 1170. The van der Waals surface area contributed by atoms with Crippen molar-refractivity contribution in [2.24, 2.45) is 0 Å². The summed E-state index contributed by atoms with van der Waals surface area (Å²) in [7, 11) is 0. The van der Waals surface area contributed by atoms with Crippen LogP contribution in [0.4, 0.5) is 0 Å². The fourth-order valence-corrected chi connectivity index (χ4v) is 2.92. The molecule has 3 aromatic carbocycles. The third-order valence-corrected chi connectivity index (χ3v) is 4.36. The first-order chi connectivity index (χ1) is 13.1. The molecule has 0 unspecified atom stereocenters. The lowest BCUT2D eigenvalue weighted by atomic mass is 10.1. The van der Waals surface area contributed by atoms with Crippen LogP contribution in [-0.2, 0) is 0 Å². The normalized spacial score (nSPS) is 10.7. The van der Waals surface area contributed by atoms with E-state index in [9.17, 15) is 9.59 Å². The average Bonchev–Trinajstić information content (AvgIpc) is 2.72. The largest absolute Gasteiger partial charge is 0.456 e. The Kier molecular flexibility index (Phi) is 4.30. The lowest BCUT2D eigenvalue weighted by Crippen LogP contribution is -2.08. The van der Waals surface area contributed by atoms with Gasteiger partial charge in [0.05, 0.1) is 10.9 Å². The minimum atomic E-state index is -0.420. The molecular weight excluding hydrogens is 340 g/mol. The highest BCUT2D eigenvalue weighted by molar-refractivity contribution is 5.91. The topological polar surface area (TPSA) is 56.5 Å². The number of ether oxygens (including phenoxy) is 1. The highest BCUT2D eigenvalue weighted by atomic mass is 16.5. The third-order valence-electron chi connectivity index (χ3n) is 4.36. The van der Waals surface area contributed by atoms with E-state index >= 15 is 0 Å². The van der Waals surface area contributed by atoms with Crippen molar-refractivity contribution >= 4 is 16.9 Å². The van der Waals surface area contributed by atoms with E-state index in [1.54, 1.807) is 67.6 Å². The average molecular weight is 356 g/mol. The van der Waals surface area contributed by atoms with Gasteiger partial charge in [0.2, 0.25) is 0 Å². The standard InChI is InChI=1S/C23H16O4/c1-15-21(24)19-9-5-6-10-20(19)27-22(15)16-11-13-18(14-12-16)26-23(25)17-7-3-2-4-8-17/h2-14H,1H3. The summed E-state index contributed by atoms with van der Waals surface area (Å²) in [4.78, 5) is 24.7. The number of hydrogen-bond donors (Lipinski definition) is 0. The molecule has 27 heavy (non-hydrogen) atoms. The molecule has 0 aliphatic carbocycles. The first-order valence-corrected chi connectivity index (χ1v) is 8.53. The van der Waals surface area contributed by atoms with Gasteiger partial charge in [-0.25, -0.2) is 4.79 Å². The van der Waals surface area contributed by atoms with E-state index in [4.69, 9.17) is 9.15 Å². The molecule has 4 rings (SSSR count). The Morgan fingerprint density at radius 3 is 2.26 bits per heavy atom. The Balaban J connectivity index is 1.65. The van der Waals surface area contributed by atoms with Gasteiger partial charge in [-0.2, -0.15) is 0 Å². The van der Waals surface area contributed by atoms with E-state index < -0.39 is 5.97 Å². The van der Waals surface area contributed by atoms with Gasteiger partial charge in [-0.1, -0.05) is 30.3 Å². The molecule has 0 fully saturated rings. The van der Waals surface area contributed by atoms with Gasteiger partial charge in [0.25, 0.3) is 0 Å². The van der Waals surface area contributed by atoms with Gasteiger partial charge in [-0.05, 0) is 55.5 Å². The summed E-state index contributed by atoms with van der Waals surface area (Å²) in [5.74, 6) is 0.518. The Morgan fingerprint density at radius 2 is 1.52 bits per heavy atom. The zero-order valence-corrected chi connectivity index (χ0v) is 14.6. The maximum atomic E-state index is 12.6. The molecule has 0 aliphatic rings. The molecule has 0 radical (unpaired) electrons. The van der Waals surface area contributed by atoms with Crippen LogP contribution in [0, 0.1) is 6.92 Å². The van der Waals surface area contributed by atoms with E-state index in [-0.39, 0.29) is 5.43 Å². The van der Waals surface area contributed by atoms with Gasteiger partial charge < -0.3 is 9.15 Å². The molecule has 0 saturated carbocycles. The van der Waals surface area contributed by atoms with Crippen molar-refractivity contribution < 1.29 is 13.9 Å². The molecule has 1 aromatic heterocycles. The summed E-state index contributed by atoms with van der Waals surface area (Å²) in [5, 5.41) is 0.562. The molecule has 0 amide bonds. The summed E-state index contributed by atoms with van der Waals surface area (Å²) >= 11 is 0. The van der Waals surface area contributed by atoms with Crippen LogP contribution in [0.15, 0.2) is 88.1 Å². The molecule has 0 aliphatic heterocycles. The molecule has 4 heteroatoms. The van der Waals surface area contributed by atoms with Crippen LogP contribution in [0.3, 0.4) is 0 Å². The maximum absolute atomic E-state index is 12.6. The molecule has 4 nitrogen and oxygen atoms in total. The highest BCUT2D eigenvalue weighted by Crippen LogP contribution is 2.27. The number of benzene rings is 3. The number of carbonyl (C=O) groups is 1. The van der Waals surface area contributed by atoms with E-state index in [2.05, 4.69) is 0 Å². The van der Waals surface area contributed by atoms with Gasteiger partial charge in [-0.15, -0.1) is 0 Å². The summed E-state index contributed by atoms with van der Waals surface area (Å²) < 4.78 is 11.3. The van der Waals surface area contributed by atoms with Crippen molar-refractivity contribution in [2.45, 2.75) is 6.92 Å². The number of carbonyl (C=O) groups excluding carboxylic acids is 1. The summed E-state index contributed by atoms with van der Waals surface area (Å²) in [6.45, 7) is 1.75. The molecule has 4 aromatic rings. The molecule has 0 bridgehead atoms. The van der Waals surface area contributed by atoms with Crippen molar-refractivity contribution in [3.63, 3.8) is 0 Å². The van der Waals surface area contributed by atoms with Gasteiger partial charge in [0, 0.05) is 11.1 Å². The van der Waals surface area contributed by atoms with Crippen LogP contribution in [0.2, 0.25) is 0 Å². The van der Waals surface area contributed by atoms with Crippen molar-refractivity contribution in [3.8, 4) is 17.1 Å². The van der Waals surface area contributed by atoms with Crippen LogP contribution in [0.25, 0.3) is 22.3 Å². The number of hydrogen-bond acceptors (Lipinski definition) is 4. The number of para-hydroxylation sites is 1. The molecule has 132 valence electrons. The van der Waals surface area contributed by atoms with Crippen molar-refractivity contribution in [1.82, 2.24) is 0 Å². The second kappa shape index (κ2) is 6.92. The molecule has 0 N–H and O–H groups in total. The fraction of sp³-hybridized carbons (Fsp3) is 0.0435. The summed E-state index contributed by atoms with van der Waals surface area (Å²) in [5.41, 5.74) is 2.27. The molecule has 0 saturated heterocycles. The molecular formula is C23H16O4. The monoisotopic (exact) mass is 356 g/mol. The minimum absolute atomic E-state index is 0.0496. The van der Waals surface area contributed by atoms with Gasteiger partial charge in [-0.3, -0.25) is 4.79 Å². The SMILES string of the molecule is Cc1c(-c2ccc(OC(=O)c3ccccc3)cc2)oc2ccccc2c1=O. The van der Waals surface area contributed by atoms with E-state index in [0.29, 0.717) is 33.6 Å². The lowest BCUT2D eigenvalue weighted by molar-refractivity contribution is 0.0735. The second-order valence-corrected chi connectivity index (χ2v) is 6.16. The van der Waals surface area contributed by atoms with Crippen LogP contribution < -0.4 is 10.2 Å².